The third-order valence-electron chi connectivity index (χ3n) is 10.3. The molecule has 2 aliphatic rings. The van der Waals surface area contributed by atoms with Crippen LogP contribution in [0.1, 0.15) is 107 Å². The Morgan fingerprint density at radius 3 is 1.82 bits per heavy atom. The lowest BCUT2D eigenvalue weighted by Gasteiger charge is -2.30. The molecular formula is C42H48F9NO5. The van der Waals surface area contributed by atoms with Gasteiger partial charge in [0.2, 0.25) is 5.91 Å². The van der Waals surface area contributed by atoms with Crippen LogP contribution in [0.2, 0.25) is 0 Å². The minimum atomic E-state index is -4.41. The SMILES string of the molecule is CC(NC(=O)CCC1CCCC(C(F)(F)F)C1)c1cccc2ccccc12.O=C(O)/C=C/c1cccc(C(F)(F)F)c1.O=C(O)CCC1CCCC(C(F)(F)F)C1. The molecule has 0 spiro atoms. The maximum Gasteiger partial charge on any atom is 0.416 e. The zero-order valence-electron chi connectivity index (χ0n) is 31.4. The van der Waals surface area contributed by atoms with Crippen LogP contribution in [0.4, 0.5) is 39.5 Å². The summed E-state index contributed by atoms with van der Waals surface area (Å²) in [5.41, 5.74) is 0.457. The second-order valence-corrected chi connectivity index (χ2v) is 14.7. The summed E-state index contributed by atoms with van der Waals surface area (Å²) in [4.78, 5) is 32.8. The summed E-state index contributed by atoms with van der Waals surface area (Å²) in [5.74, 6) is -4.72. The first-order chi connectivity index (χ1) is 26.6. The van der Waals surface area contributed by atoms with Gasteiger partial charge >= 0.3 is 30.5 Å². The fraction of sp³-hybridized carbons (Fsp3) is 0.500. The molecule has 0 bridgehead atoms. The molecule has 0 heterocycles. The van der Waals surface area contributed by atoms with Crippen molar-refractivity contribution in [2.75, 3.05) is 0 Å². The first-order valence-corrected chi connectivity index (χ1v) is 18.8. The minimum absolute atomic E-state index is 0.0102. The van der Waals surface area contributed by atoms with Crippen LogP contribution in [0, 0.1) is 23.7 Å². The summed E-state index contributed by atoms with van der Waals surface area (Å²) in [6, 6.07) is 18.3. The van der Waals surface area contributed by atoms with Gasteiger partial charge in [-0.1, -0.05) is 80.3 Å². The molecule has 314 valence electrons. The Labute approximate surface area is 325 Å². The van der Waals surface area contributed by atoms with Gasteiger partial charge in [0.15, 0.2) is 0 Å². The van der Waals surface area contributed by atoms with Crippen molar-refractivity contribution < 1.29 is 64.1 Å². The second-order valence-electron chi connectivity index (χ2n) is 14.7. The molecule has 5 rings (SSSR count). The lowest BCUT2D eigenvalue weighted by Crippen LogP contribution is -2.30. The van der Waals surface area contributed by atoms with Crippen LogP contribution in [0.25, 0.3) is 16.8 Å². The molecule has 0 aromatic heterocycles. The van der Waals surface area contributed by atoms with E-state index < -0.39 is 47.9 Å². The lowest BCUT2D eigenvalue weighted by molar-refractivity contribution is -0.186. The summed E-state index contributed by atoms with van der Waals surface area (Å²) in [7, 11) is 0. The fourth-order valence-electron chi connectivity index (χ4n) is 7.37. The number of aliphatic carboxylic acids is 2. The summed E-state index contributed by atoms with van der Waals surface area (Å²) in [6.07, 6.45) is -6.17. The Bertz CT molecular complexity index is 1780. The van der Waals surface area contributed by atoms with Gasteiger partial charge in [0, 0.05) is 18.9 Å². The van der Waals surface area contributed by atoms with Gasteiger partial charge in [-0.25, -0.2) is 4.79 Å². The van der Waals surface area contributed by atoms with Crippen molar-refractivity contribution in [3.63, 3.8) is 0 Å². The highest BCUT2D eigenvalue weighted by Gasteiger charge is 2.43. The Morgan fingerprint density at radius 1 is 0.737 bits per heavy atom. The van der Waals surface area contributed by atoms with Crippen molar-refractivity contribution in [3.05, 3.63) is 89.5 Å². The number of amides is 1. The van der Waals surface area contributed by atoms with Crippen LogP contribution in [-0.2, 0) is 20.6 Å². The van der Waals surface area contributed by atoms with Gasteiger partial charge in [-0.2, -0.15) is 39.5 Å². The number of carbonyl (C=O) groups is 3. The number of hydrogen-bond acceptors (Lipinski definition) is 3. The molecule has 5 atom stereocenters. The van der Waals surface area contributed by atoms with E-state index in [0.717, 1.165) is 53.5 Å². The van der Waals surface area contributed by atoms with Crippen molar-refractivity contribution >= 4 is 34.7 Å². The summed E-state index contributed by atoms with van der Waals surface area (Å²) in [6.45, 7) is 1.94. The molecule has 57 heavy (non-hydrogen) atoms. The van der Waals surface area contributed by atoms with E-state index in [9.17, 15) is 53.9 Å². The zero-order valence-corrected chi connectivity index (χ0v) is 31.4. The number of fused-ring (bicyclic) bond motifs is 1. The highest BCUT2D eigenvalue weighted by molar-refractivity contribution is 5.87. The first kappa shape index (κ1) is 46.8. The molecule has 6 nitrogen and oxygen atoms in total. The number of rotatable bonds is 10. The normalized spacial score (nSPS) is 20.7. The topological polar surface area (TPSA) is 104 Å². The molecule has 15 heteroatoms. The van der Waals surface area contributed by atoms with E-state index in [1.54, 1.807) is 0 Å². The van der Waals surface area contributed by atoms with Gasteiger partial charge in [-0.3, -0.25) is 9.59 Å². The number of halogens is 9. The maximum absolute atomic E-state index is 12.9. The predicted molar refractivity (Wildman–Crippen MR) is 198 cm³/mol. The van der Waals surface area contributed by atoms with Gasteiger partial charge in [0.1, 0.15) is 0 Å². The predicted octanol–water partition coefficient (Wildman–Crippen LogP) is 12.2. The van der Waals surface area contributed by atoms with Crippen LogP contribution in [0.3, 0.4) is 0 Å². The highest BCUT2D eigenvalue weighted by atomic mass is 19.4. The molecule has 2 aliphatic carbocycles. The number of alkyl halides is 9. The minimum Gasteiger partial charge on any atom is -0.481 e. The number of hydrogen-bond donors (Lipinski definition) is 3. The molecular weight excluding hydrogens is 769 g/mol. The van der Waals surface area contributed by atoms with E-state index in [2.05, 4.69) is 5.32 Å². The number of carboxylic acids is 2. The van der Waals surface area contributed by atoms with E-state index in [1.165, 1.54) is 12.1 Å². The molecule has 1 amide bonds. The van der Waals surface area contributed by atoms with E-state index in [0.29, 0.717) is 25.7 Å². The first-order valence-electron chi connectivity index (χ1n) is 18.8. The quantitative estimate of drug-likeness (QED) is 0.140. The highest BCUT2D eigenvalue weighted by Crippen LogP contribution is 2.42. The molecule has 3 N–H and O–H groups in total. The molecule has 2 fully saturated rings. The third kappa shape index (κ3) is 16.4. The Kier molecular flexibility index (Phi) is 17.5. The van der Waals surface area contributed by atoms with Gasteiger partial charge in [0.05, 0.1) is 23.4 Å². The molecule has 0 aliphatic heterocycles. The summed E-state index contributed by atoms with van der Waals surface area (Å²) >= 11 is 0. The number of benzene rings is 3. The van der Waals surface area contributed by atoms with Crippen molar-refractivity contribution in [1.29, 1.82) is 0 Å². The van der Waals surface area contributed by atoms with Crippen molar-refractivity contribution in [2.45, 2.75) is 109 Å². The van der Waals surface area contributed by atoms with Crippen molar-refractivity contribution in [3.8, 4) is 0 Å². The third-order valence-corrected chi connectivity index (χ3v) is 10.3. The summed E-state index contributed by atoms with van der Waals surface area (Å²) in [5, 5.41) is 22.0. The average molecular weight is 818 g/mol. The summed E-state index contributed by atoms with van der Waals surface area (Å²) < 4.78 is 113. The number of carboxylic acid groups (broad SMARTS) is 2. The number of carbonyl (C=O) groups excluding carboxylic acids is 1. The average Bonchev–Trinajstić information content (AvgIpc) is 3.15. The standard InChI is InChI=1S/C22H26F3NO.C10H15F3O2.C10H7F3O2/c1-15(19-11-5-8-17-7-2-3-10-20(17)19)26-21(27)13-12-16-6-4-9-18(14-16)22(23,24)25;2*11-10(12,13)8-3-1-2-7(6-8)4-5-9(14)15/h2-3,5,7-8,10-11,15-16,18H,4,6,9,12-14H2,1H3,(H,26,27);7-8H,1-6H2,(H,14,15);1-6H,(H,14,15)/b;;5-4+. The molecule has 0 saturated heterocycles. The van der Waals surface area contributed by atoms with E-state index in [-0.39, 0.29) is 67.9 Å². The molecule has 5 unspecified atom stereocenters. The van der Waals surface area contributed by atoms with Crippen molar-refractivity contribution in [2.24, 2.45) is 23.7 Å². The zero-order chi connectivity index (χ0) is 42.4. The maximum atomic E-state index is 12.9. The van der Waals surface area contributed by atoms with Crippen LogP contribution in [0.5, 0.6) is 0 Å². The van der Waals surface area contributed by atoms with Gasteiger partial charge in [0.25, 0.3) is 0 Å². The molecule has 0 radical (unpaired) electrons. The molecule has 3 aromatic carbocycles. The van der Waals surface area contributed by atoms with Crippen LogP contribution < -0.4 is 5.32 Å². The van der Waals surface area contributed by atoms with Crippen LogP contribution in [-0.4, -0.2) is 40.4 Å². The largest absolute Gasteiger partial charge is 0.481 e. The van der Waals surface area contributed by atoms with Gasteiger partial charge < -0.3 is 15.5 Å². The number of nitrogens with one attached hydrogen (secondary N) is 1. The fourth-order valence-corrected chi connectivity index (χ4v) is 7.37. The molecule has 3 aromatic rings. The Hall–Kier alpha value is -4.56. The van der Waals surface area contributed by atoms with Crippen molar-refractivity contribution in [1.82, 2.24) is 5.32 Å². The van der Waals surface area contributed by atoms with E-state index in [4.69, 9.17) is 10.2 Å². The monoisotopic (exact) mass is 817 g/mol. The molecule has 2 saturated carbocycles. The second kappa shape index (κ2) is 21.3. The van der Waals surface area contributed by atoms with E-state index in [1.807, 2.05) is 49.4 Å². The van der Waals surface area contributed by atoms with E-state index >= 15 is 0 Å². The smallest absolute Gasteiger partial charge is 0.416 e. The van der Waals surface area contributed by atoms with Gasteiger partial charge in [-0.05, 0) is 97.4 Å². The van der Waals surface area contributed by atoms with Gasteiger partial charge in [-0.15, -0.1) is 0 Å². The van der Waals surface area contributed by atoms with Crippen LogP contribution >= 0.6 is 0 Å². The Morgan fingerprint density at radius 2 is 1.28 bits per heavy atom. The van der Waals surface area contributed by atoms with Crippen LogP contribution in [0.15, 0.2) is 72.8 Å². The Balaban J connectivity index is 0.000000248. The lowest BCUT2D eigenvalue weighted by atomic mass is 9.79.